The van der Waals surface area contributed by atoms with Gasteiger partial charge in [-0.3, -0.25) is 9.36 Å². The zero-order valence-corrected chi connectivity index (χ0v) is 14.6. The van der Waals surface area contributed by atoms with Crippen molar-refractivity contribution < 1.29 is 14.6 Å². The lowest BCUT2D eigenvalue weighted by molar-refractivity contribution is 0.0587. The van der Waals surface area contributed by atoms with Crippen molar-refractivity contribution in [2.45, 2.75) is 13.8 Å². The summed E-state index contributed by atoms with van der Waals surface area (Å²) >= 11 is 1.45. The third-order valence-electron chi connectivity index (χ3n) is 3.61. The maximum atomic E-state index is 12.3. The lowest BCUT2D eigenvalue weighted by atomic mass is 10.2. The number of esters is 1. The second-order valence-corrected chi connectivity index (χ2v) is 6.59. The first-order valence-electron chi connectivity index (χ1n) is 7.36. The molecule has 1 N–H and O–H groups in total. The van der Waals surface area contributed by atoms with E-state index in [0.29, 0.717) is 17.1 Å². The summed E-state index contributed by atoms with van der Waals surface area (Å²) < 4.78 is 6.16. The van der Waals surface area contributed by atoms with Crippen LogP contribution < -0.4 is 5.56 Å². The molecule has 0 aromatic carbocycles. The first-order chi connectivity index (χ1) is 11.9. The summed E-state index contributed by atoms with van der Waals surface area (Å²) in [6, 6.07) is 6.21. The molecule has 0 fully saturated rings. The maximum absolute atomic E-state index is 12.3. The fourth-order valence-corrected chi connectivity index (χ4v) is 3.47. The molecule has 0 atom stereocenters. The second-order valence-electron chi connectivity index (χ2n) is 5.34. The molecule has 3 heterocycles. The van der Waals surface area contributed by atoms with Crippen molar-refractivity contribution in [3.63, 3.8) is 0 Å². The van der Waals surface area contributed by atoms with E-state index in [9.17, 15) is 14.7 Å². The Labute approximate surface area is 147 Å². The van der Waals surface area contributed by atoms with Crippen LogP contribution in [0.2, 0.25) is 0 Å². The average molecular weight is 357 g/mol. The zero-order valence-electron chi connectivity index (χ0n) is 13.8. The van der Waals surface area contributed by atoms with Crippen molar-refractivity contribution in [3.05, 3.63) is 57.2 Å². The van der Waals surface area contributed by atoms with Gasteiger partial charge < -0.3 is 9.84 Å². The Morgan fingerprint density at radius 2 is 2.04 bits per heavy atom. The molecule has 7 nitrogen and oxygen atoms in total. The Kier molecular flexibility index (Phi) is 4.37. The molecular weight excluding hydrogens is 342 g/mol. The first kappa shape index (κ1) is 16.8. The van der Waals surface area contributed by atoms with E-state index in [1.54, 1.807) is 13.0 Å². The number of carbonyl (C=O) groups excluding carboxylic acids is 1. The Morgan fingerprint density at radius 1 is 1.28 bits per heavy atom. The van der Waals surface area contributed by atoms with Gasteiger partial charge in [0.15, 0.2) is 0 Å². The van der Waals surface area contributed by atoms with Crippen LogP contribution in [0.4, 0.5) is 0 Å². The lowest BCUT2D eigenvalue weighted by Gasteiger charge is -2.09. The highest BCUT2D eigenvalue weighted by Crippen LogP contribution is 2.32. The summed E-state index contributed by atoms with van der Waals surface area (Å²) in [5, 5.41) is 9.55. The van der Waals surface area contributed by atoms with Gasteiger partial charge in [-0.05, 0) is 32.0 Å². The van der Waals surface area contributed by atoms with Gasteiger partial charge in [0.25, 0.3) is 5.56 Å². The second kappa shape index (κ2) is 6.48. The van der Waals surface area contributed by atoms with Crippen molar-refractivity contribution in [3.8, 4) is 22.0 Å². The largest absolute Gasteiger partial charge is 0.508 e. The van der Waals surface area contributed by atoms with Crippen LogP contribution in [0.15, 0.2) is 35.3 Å². The number of hydrogen-bond acceptors (Lipinski definition) is 7. The average Bonchev–Trinajstić information content (AvgIpc) is 2.95. The summed E-state index contributed by atoms with van der Waals surface area (Å²) in [5.74, 6) is -0.697. The van der Waals surface area contributed by atoms with E-state index < -0.39 is 5.97 Å². The van der Waals surface area contributed by atoms with Gasteiger partial charge in [-0.25, -0.2) is 14.8 Å². The number of aryl methyl sites for hydroxylation is 2. The third kappa shape index (κ3) is 3.16. The number of methoxy groups -OCH3 is 1. The fourth-order valence-electron chi connectivity index (χ4n) is 2.50. The highest BCUT2D eigenvalue weighted by molar-refractivity contribution is 7.15. The molecule has 0 radical (unpaired) electrons. The number of rotatable bonds is 3. The van der Waals surface area contributed by atoms with Crippen LogP contribution in [0.25, 0.3) is 16.3 Å². The molecule has 0 saturated carbocycles. The van der Waals surface area contributed by atoms with Crippen molar-refractivity contribution in [1.82, 2.24) is 14.5 Å². The van der Waals surface area contributed by atoms with E-state index in [1.165, 1.54) is 41.3 Å². The Morgan fingerprint density at radius 3 is 2.72 bits per heavy atom. The third-order valence-corrected chi connectivity index (χ3v) is 4.67. The van der Waals surface area contributed by atoms with Crippen LogP contribution in [-0.2, 0) is 4.74 Å². The number of aromatic hydroxyl groups is 1. The van der Waals surface area contributed by atoms with Gasteiger partial charge in [0.2, 0.25) is 5.82 Å². The van der Waals surface area contributed by atoms with E-state index in [-0.39, 0.29) is 17.1 Å². The van der Waals surface area contributed by atoms with Gasteiger partial charge in [-0.2, -0.15) is 0 Å². The molecule has 0 spiro atoms. The number of pyridine rings is 1. The maximum Gasteiger partial charge on any atom is 0.376 e. The molecule has 3 aromatic rings. The van der Waals surface area contributed by atoms with Crippen molar-refractivity contribution in [2.24, 2.45) is 0 Å². The molecule has 0 amide bonds. The summed E-state index contributed by atoms with van der Waals surface area (Å²) in [6.07, 6.45) is 1.49. The fraction of sp³-hybridized carbons (Fsp3) is 0.176. The molecule has 3 aromatic heterocycles. The van der Waals surface area contributed by atoms with Gasteiger partial charge >= 0.3 is 5.97 Å². The summed E-state index contributed by atoms with van der Waals surface area (Å²) in [6.45, 7) is 3.64. The van der Waals surface area contributed by atoms with Crippen LogP contribution in [-0.4, -0.2) is 32.7 Å². The molecule has 3 rings (SSSR count). The number of hydrogen-bond donors (Lipinski definition) is 1. The number of nitrogens with zero attached hydrogens (tertiary/aromatic N) is 3. The number of aromatic nitrogens is 3. The lowest BCUT2D eigenvalue weighted by Crippen LogP contribution is -2.19. The normalized spacial score (nSPS) is 10.7. The van der Waals surface area contributed by atoms with Crippen molar-refractivity contribution in [1.29, 1.82) is 0 Å². The Bertz CT molecular complexity index is 1020. The number of thiophene rings is 1. The molecule has 25 heavy (non-hydrogen) atoms. The first-order valence-corrected chi connectivity index (χ1v) is 8.17. The molecule has 0 aliphatic rings. The van der Waals surface area contributed by atoms with E-state index >= 15 is 0 Å². The topological polar surface area (TPSA) is 94.3 Å². The summed E-state index contributed by atoms with van der Waals surface area (Å²) in [5.41, 5.74) is 1.58. The molecule has 128 valence electrons. The Balaban J connectivity index is 2.11. The molecular formula is C17H15N3O4S. The summed E-state index contributed by atoms with van der Waals surface area (Å²) in [4.78, 5) is 33.7. The molecule has 0 aliphatic heterocycles. The van der Waals surface area contributed by atoms with Crippen molar-refractivity contribution in [2.75, 3.05) is 7.11 Å². The van der Waals surface area contributed by atoms with Gasteiger partial charge in [0.05, 0.1) is 23.4 Å². The monoisotopic (exact) mass is 357 g/mol. The van der Waals surface area contributed by atoms with E-state index in [0.717, 1.165) is 9.75 Å². The minimum Gasteiger partial charge on any atom is -0.508 e. The van der Waals surface area contributed by atoms with Crippen LogP contribution in [0.1, 0.15) is 21.2 Å². The van der Waals surface area contributed by atoms with Gasteiger partial charge in [0.1, 0.15) is 5.75 Å². The van der Waals surface area contributed by atoms with Gasteiger partial charge in [0, 0.05) is 22.8 Å². The highest BCUT2D eigenvalue weighted by Gasteiger charge is 2.16. The minimum absolute atomic E-state index is 0.0226. The van der Waals surface area contributed by atoms with Gasteiger partial charge in [-0.1, -0.05) is 0 Å². The predicted octanol–water partition coefficient (Wildman–Crippen LogP) is 2.47. The molecule has 0 bridgehead atoms. The smallest absolute Gasteiger partial charge is 0.376 e. The molecule has 0 aliphatic carbocycles. The highest BCUT2D eigenvalue weighted by atomic mass is 32.1. The van der Waals surface area contributed by atoms with E-state index in [2.05, 4.69) is 14.7 Å². The SMILES string of the molecule is COC(=O)c1nccc(-c2cc(-n3c(C)cc(O)cc3=O)c(C)s2)n1. The molecule has 8 heteroatoms. The van der Waals surface area contributed by atoms with Crippen LogP contribution in [0.5, 0.6) is 5.75 Å². The Hall–Kier alpha value is -3.00. The van der Waals surface area contributed by atoms with Crippen LogP contribution in [0, 0.1) is 13.8 Å². The standard InChI is InChI=1S/C17H15N3O4S/c1-9-6-11(21)7-15(22)20(9)13-8-14(25-10(13)2)12-4-5-18-16(19-12)17(23)24-3/h4-8,21H,1-3H3. The quantitative estimate of drug-likeness (QED) is 0.724. The van der Waals surface area contributed by atoms with Gasteiger partial charge in [-0.15, -0.1) is 11.3 Å². The molecule has 0 unspecified atom stereocenters. The number of ether oxygens (including phenoxy) is 1. The number of carbonyl (C=O) groups is 1. The molecule has 0 saturated heterocycles. The predicted molar refractivity (Wildman–Crippen MR) is 93.4 cm³/mol. The minimum atomic E-state index is -0.610. The van der Waals surface area contributed by atoms with Crippen LogP contribution >= 0.6 is 11.3 Å². The van der Waals surface area contributed by atoms with Crippen molar-refractivity contribution >= 4 is 17.3 Å². The summed E-state index contributed by atoms with van der Waals surface area (Å²) in [7, 11) is 1.27. The van der Waals surface area contributed by atoms with Crippen LogP contribution in [0.3, 0.4) is 0 Å². The zero-order chi connectivity index (χ0) is 18.1. The van der Waals surface area contributed by atoms with E-state index in [1.807, 2.05) is 13.0 Å². The van der Waals surface area contributed by atoms with E-state index in [4.69, 9.17) is 0 Å².